The van der Waals surface area contributed by atoms with Crippen LogP contribution in [0.25, 0.3) is 0 Å². The third-order valence-corrected chi connectivity index (χ3v) is 13.4. The molecule has 0 aromatic heterocycles. The van der Waals surface area contributed by atoms with E-state index in [2.05, 4.69) is 254 Å². The van der Waals surface area contributed by atoms with Gasteiger partial charge < -0.3 is 0 Å². The molecule has 46 heavy (non-hydrogen) atoms. The van der Waals surface area contributed by atoms with E-state index in [0.717, 1.165) is 17.9 Å². The van der Waals surface area contributed by atoms with Gasteiger partial charge in [0.2, 0.25) is 0 Å². The minimum absolute atomic E-state index is 1.11. The molecule has 10 heteroatoms. The summed E-state index contributed by atoms with van der Waals surface area (Å²) < 4.78 is 7.05. The number of hydrogen-bond acceptors (Lipinski definition) is 4. The fourth-order valence-electron chi connectivity index (χ4n) is 3.42. The van der Waals surface area contributed by atoms with Gasteiger partial charge in [-0.3, -0.25) is 0 Å². The largest absolute Gasteiger partial charge is 0.0901 e. The van der Waals surface area contributed by atoms with Crippen molar-refractivity contribution in [1.29, 1.82) is 0 Å². The van der Waals surface area contributed by atoms with Gasteiger partial charge in [0.25, 0.3) is 0 Å². The van der Waals surface area contributed by atoms with Gasteiger partial charge in [-0.15, -0.1) is 0 Å². The topological polar surface area (TPSA) is 0 Å². The first-order chi connectivity index (χ1) is 22.2. The lowest BCUT2D eigenvalue weighted by Crippen LogP contribution is -1.77. The van der Waals surface area contributed by atoms with Crippen molar-refractivity contribution in [3.63, 3.8) is 0 Å². The van der Waals surface area contributed by atoms with E-state index in [9.17, 15) is 0 Å². The van der Waals surface area contributed by atoms with E-state index < -0.39 is 0 Å². The van der Waals surface area contributed by atoms with Gasteiger partial charge in [-0.05, 0) is 179 Å². The molecule has 0 aliphatic rings. The minimum atomic E-state index is 1.11. The second kappa shape index (κ2) is 21.3. The highest BCUT2D eigenvalue weighted by Crippen LogP contribution is 2.38. The predicted octanol–water partition coefficient (Wildman–Crippen LogP) is 16.4. The molecule has 0 aliphatic heterocycles. The van der Waals surface area contributed by atoms with Crippen LogP contribution in [0.1, 0.15) is 0 Å². The minimum Gasteiger partial charge on any atom is -0.0901 e. The van der Waals surface area contributed by atoms with Crippen LogP contribution in [0.15, 0.2) is 193 Å². The van der Waals surface area contributed by atoms with Crippen molar-refractivity contribution in [2.24, 2.45) is 0 Å². The molecule has 0 bridgehead atoms. The highest BCUT2D eigenvalue weighted by atomic mass is 127. The van der Waals surface area contributed by atoms with Gasteiger partial charge in [-0.2, -0.15) is 0 Å². The molecule has 0 radical (unpaired) electrons. The van der Waals surface area contributed by atoms with Crippen molar-refractivity contribution in [3.8, 4) is 0 Å². The molecule has 0 saturated heterocycles. The molecule has 6 aromatic rings. The molecule has 0 aliphatic carbocycles. The summed E-state index contributed by atoms with van der Waals surface area (Å²) in [6.45, 7) is 0. The summed E-state index contributed by atoms with van der Waals surface area (Å²) >= 11 is 22.0. The molecule has 0 spiro atoms. The Kier molecular flexibility index (Phi) is 18.0. The first kappa shape index (κ1) is 38.9. The zero-order valence-electron chi connectivity index (χ0n) is 23.8. The maximum absolute atomic E-state index is 3.47. The van der Waals surface area contributed by atoms with Crippen LogP contribution in [-0.4, -0.2) is 0 Å². The SMILES string of the molecule is Brc1ccc(SSc2ccc(Br)cc2)cc1.Brc1ccc(Sc2cccc(Sc3ccc(Br)cc3)c2)cc1.Ic1cccc(I)c1. The second-order valence-corrected chi connectivity index (χ2v) is 19.8. The van der Waals surface area contributed by atoms with Gasteiger partial charge >= 0.3 is 0 Å². The third-order valence-electron chi connectivity index (χ3n) is 5.55. The Hall–Kier alpha value is 0.1000. The first-order valence-electron chi connectivity index (χ1n) is 13.5. The monoisotopic (exact) mass is 1150 g/mol. The number of halogens is 6. The van der Waals surface area contributed by atoms with E-state index in [-0.39, 0.29) is 0 Å². The van der Waals surface area contributed by atoms with Gasteiger partial charge in [-0.1, -0.05) is 121 Å². The lowest BCUT2D eigenvalue weighted by Gasteiger charge is -2.06. The summed E-state index contributed by atoms with van der Waals surface area (Å²) in [4.78, 5) is 7.52. The van der Waals surface area contributed by atoms with Crippen LogP contribution in [0.4, 0.5) is 0 Å². The van der Waals surface area contributed by atoms with E-state index in [1.54, 1.807) is 45.1 Å². The van der Waals surface area contributed by atoms with Crippen LogP contribution >= 0.6 is 154 Å². The maximum Gasteiger partial charge on any atom is 0.0187 e. The molecule has 0 nitrogen and oxygen atoms in total. The van der Waals surface area contributed by atoms with Crippen molar-refractivity contribution in [1.82, 2.24) is 0 Å². The Bertz CT molecular complexity index is 1660. The highest BCUT2D eigenvalue weighted by molar-refractivity contribution is 14.1. The molecule has 0 saturated carbocycles. The third kappa shape index (κ3) is 15.3. The molecular formula is C36H24Br4I2S4. The van der Waals surface area contributed by atoms with Gasteiger partial charge in [0.15, 0.2) is 0 Å². The summed E-state index contributed by atoms with van der Waals surface area (Å²) in [5.74, 6) is 0. The first-order valence-corrected chi connectivity index (χ1v) is 22.6. The van der Waals surface area contributed by atoms with Crippen molar-refractivity contribution in [3.05, 3.63) is 171 Å². The Morgan fingerprint density at radius 3 is 0.935 bits per heavy atom. The van der Waals surface area contributed by atoms with E-state index in [1.165, 1.54) is 36.5 Å². The van der Waals surface area contributed by atoms with E-state index in [0.29, 0.717) is 0 Å². The average Bonchev–Trinajstić information content (AvgIpc) is 3.05. The molecule has 0 heterocycles. The highest BCUT2D eigenvalue weighted by Gasteiger charge is 2.02. The fraction of sp³-hybridized carbons (Fsp3) is 0. The zero-order valence-corrected chi connectivity index (χ0v) is 37.7. The zero-order chi connectivity index (χ0) is 32.7. The van der Waals surface area contributed by atoms with Gasteiger partial charge in [-0.25, -0.2) is 0 Å². The summed E-state index contributed by atoms with van der Waals surface area (Å²) in [5, 5.41) is 0. The molecule has 6 aromatic carbocycles. The smallest absolute Gasteiger partial charge is 0.0187 e. The molecule has 0 fully saturated rings. The molecule has 0 atom stereocenters. The quantitative estimate of drug-likeness (QED) is 0.115. The van der Waals surface area contributed by atoms with E-state index in [1.807, 2.05) is 0 Å². The molecule has 0 unspecified atom stereocenters. The lowest BCUT2D eigenvalue weighted by atomic mass is 10.4. The Labute approximate surface area is 349 Å². The summed E-state index contributed by atoms with van der Waals surface area (Å²) in [5.41, 5.74) is 0. The Morgan fingerprint density at radius 2 is 0.630 bits per heavy atom. The Morgan fingerprint density at radius 1 is 0.326 bits per heavy atom. The van der Waals surface area contributed by atoms with Crippen molar-refractivity contribution < 1.29 is 0 Å². The molecular weight excluding hydrogens is 1130 g/mol. The lowest BCUT2D eigenvalue weighted by molar-refractivity contribution is 1.31. The predicted molar refractivity (Wildman–Crippen MR) is 235 cm³/mol. The summed E-state index contributed by atoms with van der Waals surface area (Å²) in [7, 11) is 3.54. The molecule has 6 rings (SSSR count). The van der Waals surface area contributed by atoms with E-state index in [4.69, 9.17) is 0 Å². The fourth-order valence-corrected chi connectivity index (χ4v) is 9.91. The average molecular weight is 1160 g/mol. The van der Waals surface area contributed by atoms with Crippen LogP contribution in [0, 0.1) is 7.14 Å². The normalized spacial score (nSPS) is 10.3. The molecule has 0 N–H and O–H groups in total. The van der Waals surface area contributed by atoms with Crippen molar-refractivity contribution >= 4 is 154 Å². The van der Waals surface area contributed by atoms with Crippen LogP contribution < -0.4 is 0 Å². The number of hydrogen-bond donors (Lipinski definition) is 0. The summed E-state index contributed by atoms with van der Waals surface area (Å²) in [6, 6.07) is 50.5. The van der Waals surface area contributed by atoms with Crippen LogP contribution in [0.2, 0.25) is 0 Å². The number of benzene rings is 6. The summed E-state index contributed by atoms with van der Waals surface area (Å²) in [6.07, 6.45) is 0. The van der Waals surface area contributed by atoms with Gasteiger partial charge in [0.05, 0.1) is 0 Å². The van der Waals surface area contributed by atoms with Crippen molar-refractivity contribution in [2.45, 2.75) is 29.4 Å². The Balaban J connectivity index is 0.000000174. The van der Waals surface area contributed by atoms with Crippen molar-refractivity contribution in [2.75, 3.05) is 0 Å². The standard InChI is InChI=1S/C18H12Br2S2.C12H8Br2S2.C6H4I2/c19-13-4-8-15(9-5-13)21-17-2-1-3-18(12-17)22-16-10-6-14(20)7-11-16;13-9-1-5-11(6-2-9)15-16-12-7-3-10(14)4-8-12;7-5-2-1-3-6(8)4-5/h1-12H;1-8H;1-4H. The second-order valence-electron chi connectivity index (χ2n) is 9.10. The van der Waals surface area contributed by atoms with Crippen LogP contribution in [0.3, 0.4) is 0 Å². The molecule has 234 valence electrons. The molecule has 0 amide bonds. The van der Waals surface area contributed by atoms with Gasteiger partial charge in [0, 0.05) is 54.4 Å². The van der Waals surface area contributed by atoms with E-state index >= 15 is 0 Å². The maximum atomic E-state index is 3.47. The van der Waals surface area contributed by atoms with Gasteiger partial charge in [0.1, 0.15) is 0 Å². The number of rotatable bonds is 7. The van der Waals surface area contributed by atoms with Crippen LogP contribution in [-0.2, 0) is 0 Å². The van der Waals surface area contributed by atoms with Crippen LogP contribution in [0.5, 0.6) is 0 Å².